The first-order valence-electron chi connectivity index (χ1n) is 6.93. The summed E-state index contributed by atoms with van der Waals surface area (Å²) in [6, 6.07) is 9.55. The Bertz CT molecular complexity index is 822. The first-order chi connectivity index (χ1) is 10.8. The molecule has 4 nitrogen and oxygen atoms in total. The van der Waals surface area contributed by atoms with Crippen molar-refractivity contribution in [2.45, 2.75) is 18.7 Å². The van der Waals surface area contributed by atoms with Crippen molar-refractivity contribution in [2.75, 3.05) is 18.0 Å². The van der Waals surface area contributed by atoms with E-state index in [1.807, 2.05) is 6.92 Å². The van der Waals surface area contributed by atoms with Crippen molar-refractivity contribution in [3.63, 3.8) is 0 Å². The number of nitrogens with zero attached hydrogens (tertiary/aromatic N) is 1. The molecule has 0 bridgehead atoms. The lowest BCUT2D eigenvalue weighted by molar-refractivity contribution is 0.414. The molecule has 124 valence electrons. The van der Waals surface area contributed by atoms with Gasteiger partial charge in [-0.3, -0.25) is 4.31 Å². The topological polar surface area (TPSA) is 46.6 Å². The summed E-state index contributed by atoms with van der Waals surface area (Å²) < 4.78 is 32.1. The molecule has 0 atom stereocenters. The van der Waals surface area contributed by atoms with E-state index in [-0.39, 0.29) is 16.5 Å². The van der Waals surface area contributed by atoms with Crippen LogP contribution >= 0.6 is 23.2 Å². The van der Waals surface area contributed by atoms with Crippen LogP contribution in [0.25, 0.3) is 0 Å². The van der Waals surface area contributed by atoms with Gasteiger partial charge in [0, 0.05) is 11.6 Å². The third-order valence-corrected chi connectivity index (χ3v) is 6.04. The normalized spacial score (nSPS) is 11.3. The van der Waals surface area contributed by atoms with Gasteiger partial charge in [-0.15, -0.1) is 0 Å². The predicted octanol–water partition coefficient (Wildman–Crippen LogP) is 4.53. The highest BCUT2D eigenvalue weighted by Gasteiger charge is 2.25. The second kappa shape index (κ2) is 6.99. The van der Waals surface area contributed by atoms with Crippen molar-refractivity contribution < 1.29 is 13.2 Å². The van der Waals surface area contributed by atoms with Gasteiger partial charge in [-0.25, -0.2) is 8.42 Å². The Kier molecular flexibility index (Phi) is 5.45. The molecule has 0 spiro atoms. The SMILES string of the molecule is CCN(c1ccc(C)c(Cl)c1)S(=O)(=O)c1ccc(OC)c(Cl)c1. The van der Waals surface area contributed by atoms with Crippen LogP contribution in [0, 0.1) is 6.92 Å². The fraction of sp³-hybridized carbons (Fsp3) is 0.250. The van der Waals surface area contributed by atoms with E-state index >= 15 is 0 Å². The van der Waals surface area contributed by atoms with Crippen molar-refractivity contribution in [1.29, 1.82) is 0 Å². The summed E-state index contributed by atoms with van der Waals surface area (Å²) in [7, 11) is -2.27. The van der Waals surface area contributed by atoms with Crippen LogP contribution in [0.1, 0.15) is 12.5 Å². The van der Waals surface area contributed by atoms with Crippen LogP contribution in [0.5, 0.6) is 5.75 Å². The molecule has 0 heterocycles. The summed E-state index contributed by atoms with van der Waals surface area (Å²) in [6.45, 7) is 3.89. The third kappa shape index (κ3) is 3.57. The maximum Gasteiger partial charge on any atom is 0.264 e. The summed E-state index contributed by atoms with van der Waals surface area (Å²) in [6.07, 6.45) is 0. The van der Waals surface area contributed by atoms with Crippen LogP contribution in [-0.2, 0) is 10.0 Å². The Hall–Kier alpha value is -1.43. The summed E-state index contributed by atoms with van der Waals surface area (Å²) in [5, 5.41) is 0.760. The van der Waals surface area contributed by atoms with Gasteiger partial charge < -0.3 is 4.74 Å². The van der Waals surface area contributed by atoms with E-state index in [0.717, 1.165) is 5.56 Å². The Balaban J connectivity index is 2.50. The van der Waals surface area contributed by atoms with Crippen molar-refractivity contribution in [3.8, 4) is 5.75 Å². The fourth-order valence-corrected chi connectivity index (χ4v) is 4.15. The van der Waals surface area contributed by atoms with Crippen molar-refractivity contribution >= 4 is 38.9 Å². The zero-order chi connectivity index (χ0) is 17.2. The molecule has 0 fully saturated rings. The van der Waals surface area contributed by atoms with E-state index in [2.05, 4.69) is 0 Å². The molecule has 0 unspecified atom stereocenters. The Morgan fingerprint density at radius 3 is 2.30 bits per heavy atom. The molecule has 0 aliphatic heterocycles. The highest BCUT2D eigenvalue weighted by molar-refractivity contribution is 7.92. The van der Waals surface area contributed by atoms with Crippen LogP contribution < -0.4 is 9.04 Å². The first kappa shape index (κ1) is 17.9. The minimum absolute atomic E-state index is 0.0989. The maximum atomic E-state index is 12.9. The summed E-state index contributed by atoms with van der Waals surface area (Å²) >= 11 is 12.2. The molecular weight excluding hydrogens is 357 g/mol. The number of methoxy groups -OCH3 is 1. The Morgan fingerprint density at radius 1 is 1.09 bits per heavy atom. The molecule has 2 rings (SSSR count). The number of sulfonamides is 1. The molecule has 0 radical (unpaired) electrons. The van der Waals surface area contributed by atoms with Gasteiger partial charge in [-0.2, -0.15) is 0 Å². The molecule has 0 aliphatic carbocycles. The van der Waals surface area contributed by atoms with Crippen molar-refractivity contribution in [2.24, 2.45) is 0 Å². The van der Waals surface area contributed by atoms with E-state index in [4.69, 9.17) is 27.9 Å². The van der Waals surface area contributed by atoms with Gasteiger partial charge in [0.1, 0.15) is 5.75 Å². The summed E-state index contributed by atoms with van der Waals surface area (Å²) in [5.41, 5.74) is 1.39. The lowest BCUT2D eigenvalue weighted by Crippen LogP contribution is -2.30. The number of anilines is 1. The van der Waals surface area contributed by atoms with E-state index < -0.39 is 10.0 Å². The molecular formula is C16H17Cl2NO3S. The van der Waals surface area contributed by atoms with Crippen LogP contribution in [0.4, 0.5) is 5.69 Å². The number of hydrogen-bond acceptors (Lipinski definition) is 3. The van der Waals surface area contributed by atoms with Crippen molar-refractivity contribution in [3.05, 3.63) is 52.0 Å². The predicted molar refractivity (Wildman–Crippen MR) is 94.4 cm³/mol. The molecule has 2 aromatic carbocycles. The van der Waals surface area contributed by atoms with Crippen molar-refractivity contribution in [1.82, 2.24) is 0 Å². The zero-order valence-corrected chi connectivity index (χ0v) is 15.3. The van der Waals surface area contributed by atoms with Gasteiger partial charge >= 0.3 is 0 Å². The van der Waals surface area contributed by atoms with Gasteiger partial charge in [-0.1, -0.05) is 29.3 Å². The largest absolute Gasteiger partial charge is 0.495 e. The van der Waals surface area contributed by atoms with Gasteiger partial charge in [0.15, 0.2) is 0 Å². The Labute approximate surface area is 146 Å². The monoisotopic (exact) mass is 373 g/mol. The molecule has 7 heteroatoms. The summed E-state index contributed by atoms with van der Waals surface area (Å²) in [5.74, 6) is 0.423. The van der Waals surface area contributed by atoms with Gasteiger partial charge in [0.2, 0.25) is 0 Å². The fourth-order valence-electron chi connectivity index (χ4n) is 2.16. The number of rotatable bonds is 5. The van der Waals surface area contributed by atoms with Gasteiger partial charge in [0.25, 0.3) is 10.0 Å². The quantitative estimate of drug-likeness (QED) is 0.773. The Morgan fingerprint density at radius 2 is 1.78 bits per heavy atom. The average Bonchev–Trinajstić information content (AvgIpc) is 2.51. The van der Waals surface area contributed by atoms with E-state index in [0.29, 0.717) is 16.5 Å². The number of benzene rings is 2. The van der Waals surface area contributed by atoms with E-state index in [1.165, 1.54) is 29.6 Å². The molecule has 0 amide bonds. The molecule has 23 heavy (non-hydrogen) atoms. The molecule has 0 saturated heterocycles. The molecule has 2 aromatic rings. The number of halogens is 2. The average molecular weight is 374 g/mol. The van der Waals surface area contributed by atoms with Crippen LogP contribution in [-0.4, -0.2) is 22.1 Å². The number of ether oxygens (including phenoxy) is 1. The lowest BCUT2D eigenvalue weighted by atomic mass is 10.2. The lowest BCUT2D eigenvalue weighted by Gasteiger charge is -2.23. The number of aryl methyl sites for hydroxylation is 1. The third-order valence-electron chi connectivity index (χ3n) is 3.44. The summed E-state index contributed by atoms with van der Waals surface area (Å²) in [4.78, 5) is 0.0989. The van der Waals surface area contributed by atoms with Gasteiger partial charge in [0.05, 0.1) is 22.7 Å². The zero-order valence-electron chi connectivity index (χ0n) is 13.0. The van der Waals surface area contributed by atoms with E-state index in [9.17, 15) is 8.42 Å². The highest BCUT2D eigenvalue weighted by Crippen LogP contribution is 2.31. The first-order valence-corrected chi connectivity index (χ1v) is 9.13. The molecule has 0 aliphatic rings. The van der Waals surface area contributed by atoms with Crippen LogP contribution in [0.15, 0.2) is 41.3 Å². The minimum atomic E-state index is -3.75. The minimum Gasteiger partial charge on any atom is -0.495 e. The smallest absolute Gasteiger partial charge is 0.264 e. The number of hydrogen-bond donors (Lipinski definition) is 0. The second-order valence-electron chi connectivity index (χ2n) is 4.90. The molecule has 0 aromatic heterocycles. The van der Waals surface area contributed by atoms with Gasteiger partial charge in [-0.05, 0) is 49.7 Å². The van der Waals surface area contributed by atoms with Crippen LogP contribution in [0.3, 0.4) is 0 Å². The van der Waals surface area contributed by atoms with E-state index in [1.54, 1.807) is 25.1 Å². The maximum absolute atomic E-state index is 12.9. The second-order valence-corrected chi connectivity index (χ2v) is 7.58. The highest BCUT2D eigenvalue weighted by atomic mass is 35.5. The molecule has 0 saturated carbocycles. The standard InChI is InChI=1S/C16H17Cl2NO3S/c1-4-19(12-6-5-11(2)14(17)9-12)23(20,21)13-7-8-16(22-3)15(18)10-13/h5-10H,4H2,1-3H3. The van der Waals surface area contributed by atoms with Crippen LogP contribution in [0.2, 0.25) is 10.0 Å². The molecule has 0 N–H and O–H groups in total.